The largest absolute Gasteiger partial charge is 0.368 e. The minimum atomic E-state index is -0.270. The van der Waals surface area contributed by atoms with Crippen LogP contribution in [0.2, 0.25) is 10.0 Å². The Hall–Kier alpha value is -1.82. The number of likely N-dealkylation sites (N-methyl/N-ethyl adjacent to an activating group) is 1. The van der Waals surface area contributed by atoms with E-state index in [1.807, 2.05) is 12.1 Å². The lowest BCUT2D eigenvalue weighted by Crippen LogP contribution is -2.44. The van der Waals surface area contributed by atoms with Gasteiger partial charge in [-0.25, -0.2) is 4.98 Å². The summed E-state index contributed by atoms with van der Waals surface area (Å²) in [6.07, 6.45) is 1.79. The molecule has 1 aromatic carbocycles. The molecule has 0 bridgehead atoms. The first-order valence-electron chi connectivity index (χ1n) is 7.69. The Morgan fingerprint density at radius 3 is 2.46 bits per heavy atom. The van der Waals surface area contributed by atoms with Crippen molar-refractivity contribution in [1.82, 2.24) is 9.88 Å². The summed E-state index contributed by atoms with van der Waals surface area (Å²) in [5, 5.41) is 3.53. The van der Waals surface area contributed by atoms with Crippen molar-refractivity contribution in [3.8, 4) is 0 Å². The van der Waals surface area contributed by atoms with Gasteiger partial charge in [-0.05, 0) is 37.4 Å². The Kier molecular flexibility index (Phi) is 5.23. The number of nitrogens with one attached hydrogen (secondary N) is 1. The van der Waals surface area contributed by atoms with Crippen LogP contribution in [0.1, 0.15) is 10.4 Å². The highest BCUT2D eigenvalue weighted by Gasteiger charge is 2.15. The molecular weight excluding hydrogens is 347 g/mol. The predicted octanol–water partition coefficient (Wildman–Crippen LogP) is 3.39. The van der Waals surface area contributed by atoms with Crippen LogP contribution in [0.5, 0.6) is 0 Å². The van der Waals surface area contributed by atoms with E-state index in [4.69, 9.17) is 23.2 Å². The van der Waals surface area contributed by atoms with Crippen molar-refractivity contribution in [3.05, 3.63) is 52.1 Å². The molecule has 126 valence electrons. The maximum absolute atomic E-state index is 12.2. The van der Waals surface area contributed by atoms with Gasteiger partial charge >= 0.3 is 0 Å². The number of aromatic nitrogens is 1. The summed E-state index contributed by atoms with van der Waals surface area (Å²) in [5.74, 6) is 0.234. The molecule has 5 nitrogen and oxygen atoms in total. The predicted molar refractivity (Wildman–Crippen MR) is 98.4 cm³/mol. The Labute approximate surface area is 151 Å². The summed E-state index contributed by atoms with van der Waals surface area (Å²) in [4.78, 5) is 21.2. The van der Waals surface area contributed by atoms with Crippen LogP contribution in [0.4, 0.5) is 11.5 Å². The zero-order valence-corrected chi connectivity index (χ0v) is 14.8. The monoisotopic (exact) mass is 364 g/mol. The topological polar surface area (TPSA) is 48.5 Å². The highest BCUT2D eigenvalue weighted by atomic mass is 35.5. The van der Waals surface area contributed by atoms with Crippen LogP contribution in [-0.2, 0) is 0 Å². The lowest BCUT2D eigenvalue weighted by Gasteiger charge is -2.33. The van der Waals surface area contributed by atoms with Crippen molar-refractivity contribution in [1.29, 1.82) is 0 Å². The van der Waals surface area contributed by atoms with E-state index in [0.717, 1.165) is 31.9 Å². The van der Waals surface area contributed by atoms with Crippen molar-refractivity contribution in [2.45, 2.75) is 0 Å². The van der Waals surface area contributed by atoms with Crippen molar-refractivity contribution in [2.75, 3.05) is 43.4 Å². The summed E-state index contributed by atoms with van der Waals surface area (Å²) < 4.78 is 0. The molecule has 1 N–H and O–H groups in total. The minimum Gasteiger partial charge on any atom is -0.368 e. The van der Waals surface area contributed by atoms with Crippen molar-refractivity contribution in [3.63, 3.8) is 0 Å². The first-order valence-corrected chi connectivity index (χ1v) is 8.44. The van der Waals surface area contributed by atoms with Gasteiger partial charge in [0.15, 0.2) is 0 Å². The molecule has 0 saturated carbocycles. The maximum Gasteiger partial charge on any atom is 0.256 e. The Morgan fingerprint density at radius 2 is 1.83 bits per heavy atom. The zero-order chi connectivity index (χ0) is 17.1. The van der Waals surface area contributed by atoms with Crippen LogP contribution in [0.15, 0.2) is 36.5 Å². The van der Waals surface area contributed by atoms with Gasteiger partial charge in [-0.15, -0.1) is 0 Å². The van der Waals surface area contributed by atoms with E-state index < -0.39 is 0 Å². The Morgan fingerprint density at radius 1 is 1.08 bits per heavy atom. The summed E-state index contributed by atoms with van der Waals surface area (Å²) in [6, 6.07) is 8.55. The smallest absolute Gasteiger partial charge is 0.256 e. The van der Waals surface area contributed by atoms with E-state index in [1.165, 1.54) is 6.07 Å². The molecule has 1 saturated heterocycles. The Bertz CT molecular complexity index is 728. The van der Waals surface area contributed by atoms with Gasteiger partial charge in [-0.3, -0.25) is 4.79 Å². The second-order valence-corrected chi connectivity index (χ2v) is 6.59. The molecular formula is C17H18Cl2N4O. The standard InChI is InChI=1S/C17H18Cl2N4O/c1-22-6-8-23(9-7-22)13-3-5-16(20-11-13)21-17(24)12-2-4-14(18)15(19)10-12/h2-5,10-11H,6-9H2,1H3,(H,20,21,24). The molecule has 3 rings (SSSR count). The van der Waals surface area contributed by atoms with Gasteiger partial charge in [-0.1, -0.05) is 23.2 Å². The van der Waals surface area contributed by atoms with E-state index >= 15 is 0 Å². The molecule has 1 aliphatic rings. The van der Waals surface area contributed by atoms with Crippen LogP contribution in [-0.4, -0.2) is 49.0 Å². The third-order valence-corrected chi connectivity index (χ3v) is 4.78. The molecule has 1 aromatic heterocycles. The van der Waals surface area contributed by atoms with Gasteiger partial charge in [0.1, 0.15) is 5.82 Å². The maximum atomic E-state index is 12.2. The first-order chi connectivity index (χ1) is 11.5. The van der Waals surface area contributed by atoms with E-state index in [9.17, 15) is 4.79 Å². The Balaban J connectivity index is 1.65. The molecule has 0 radical (unpaired) electrons. The molecule has 1 aliphatic heterocycles. The minimum absolute atomic E-state index is 0.270. The van der Waals surface area contributed by atoms with Crippen LogP contribution >= 0.6 is 23.2 Å². The summed E-state index contributed by atoms with van der Waals surface area (Å²) in [5.41, 5.74) is 1.50. The fourth-order valence-electron chi connectivity index (χ4n) is 2.54. The SMILES string of the molecule is CN1CCN(c2ccc(NC(=O)c3ccc(Cl)c(Cl)c3)nc2)CC1. The second kappa shape index (κ2) is 7.38. The fraction of sp³-hybridized carbons (Fsp3) is 0.294. The number of anilines is 2. The van der Waals surface area contributed by atoms with Gasteiger partial charge in [0, 0.05) is 31.7 Å². The average Bonchev–Trinajstić information content (AvgIpc) is 2.59. The van der Waals surface area contributed by atoms with Gasteiger partial charge in [0.25, 0.3) is 5.91 Å². The van der Waals surface area contributed by atoms with E-state index in [0.29, 0.717) is 21.4 Å². The first kappa shape index (κ1) is 17.0. The third kappa shape index (κ3) is 3.98. The van der Waals surface area contributed by atoms with Crippen LogP contribution in [0, 0.1) is 0 Å². The zero-order valence-electron chi connectivity index (χ0n) is 13.3. The molecule has 0 atom stereocenters. The number of hydrogen-bond acceptors (Lipinski definition) is 4. The van der Waals surface area contributed by atoms with E-state index in [-0.39, 0.29) is 5.91 Å². The van der Waals surface area contributed by atoms with Gasteiger partial charge in [-0.2, -0.15) is 0 Å². The highest BCUT2D eigenvalue weighted by Crippen LogP contribution is 2.23. The number of carbonyl (C=O) groups excluding carboxylic acids is 1. The van der Waals surface area contributed by atoms with Gasteiger partial charge in [0.2, 0.25) is 0 Å². The molecule has 1 fully saturated rings. The van der Waals surface area contributed by atoms with Gasteiger partial charge in [0.05, 0.1) is 21.9 Å². The summed E-state index contributed by atoms with van der Waals surface area (Å²) >= 11 is 11.8. The second-order valence-electron chi connectivity index (χ2n) is 5.77. The molecule has 2 heterocycles. The average molecular weight is 365 g/mol. The van der Waals surface area contributed by atoms with Crippen molar-refractivity contribution < 1.29 is 4.79 Å². The molecule has 0 spiro atoms. The quantitative estimate of drug-likeness (QED) is 0.906. The summed E-state index contributed by atoms with van der Waals surface area (Å²) in [7, 11) is 2.12. The number of rotatable bonds is 3. The number of halogens is 2. The van der Waals surface area contributed by atoms with Crippen LogP contribution in [0.3, 0.4) is 0 Å². The number of hydrogen-bond donors (Lipinski definition) is 1. The van der Waals surface area contributed by atoms with Crippen molar-refractivity contribution in [2.24, 2.45) is 0 Å². The van der Waals surface area contributed by atoms with E-state index in [2.05, 4.69) is 27.1 Å². The normalized spacial score (nSPS) is 15.4. The lowest BCUT2D eigenvalue weighted by molar-refractivity contribution is 0.102. The number of nitrogens with zero attached hydrogens (tertiary/aromatic N) is 3. The highest BCUT2D eigenvalue weighted by molar-refractivity contribution is 6.42. The summed E-state index contributed by atoms with van der Waals surface area (Å²) in [6.45, 7) is 4.03. The van der Waals surface area contributed by atoms with Crippen molar-refractivity contribution >= 4 is 40.6 Å². The number of amides is 1. The number of piperazine rings is 1. The molecule has 7 heteroatoms. The number of pyridine rings is 1. The molecule has 0 unspecified atom stereocenters. The molecule has 1 amide bonds. The molecule has 2 aromatic rings. The van der Waals surface area contributed by atoms with E-state index in [1.54, 1.807) is 18.3 Å². The molecule has 24 heavy (non-hydrogen) atoms. The fourth-order valence-corrected chi connectivity index (χ4v) is 2.84. The number of benzene rings is 1. The van der Waals surface area contributed by atoms with Crippen LogP contribution < -0.4 is 10.2 Å². The number of carbonyl (C=O) groups is 1. The molecule has 0 aliphatic carbocycles. The third-order valence-electron chi connectivity index (χ3n) is 4.04. The van der Waals surface area contributed by atoms with Gasteiger partial charge < -0.3 is 15.1 Å². The lowest BCUT2D eigenvalue weighted by atomic mass is 10.2. The van der Waals surface area contributed by atoms with Crippen LogP contribution in [0.25, 0.3) is 0 Å².